The Bertz CT molecular complexity index is 198. The summed E-state index contributed by atoms with van der Waals surface area (Å²) in [6.07, 6.45) is 2.73. The molecule has 0 aromatic rings. The van der Waals surface area contributed by atoms with Crippen LogP contribution in [0.4, 0.5) is 0 Å². The van der Waals surface area contributed by atoms with E-state index in [0.717, 1.165) is 26.2 Å². The van der Waals surface area contributed by atoms with Gasteiger partial charge in [0.25, 0.3) is 0 Å². The van der Waals surface area contributed by atoms with Crippen LogP contribution in [-0.4, -0.2) is 48.0 Å². The molecule has 3 nitrogen and oxygen atoms in total. The number of aliphatic hydroxyl groups is 1. The Morgan fingerprint density at radius 1 is 1.50 bits per heavy atom. The predicted octanol–water partition coefficient (Wildman–Crippen LogP) is 1.89. The zero-order chi connectivity index (χ0) is 12.2. The zero-order valence-corrected chi connectivity index (χ0v) is 11.2. The molecule has 1 N–H and O–H groups in total. The molecule has 1 aliphatic heterocycles. The number of rotatable bonds is 6. The summed E-state index contributed by atoms with van der Waals surface area (Å²) in [6.45, 7) is 11.8. The smallest absolute Gasteiger partial charge is 0.0768 e. The minimum Gasteiger partial charge on any atom is -0.389 e. The molecule has 96 valence electrons. The van der Waals surface area contributed by atoms with Crippen molar-refractivity contribution in [2.24, 2.45) is 5.92 Å². The second-order valence-corrected chi connectivity index (χ2v) is 5.47. The van der Waals surface area contributed by atoms with E-state index in [-0.39, 0.29) is 5.92 Å². The molecule has 0 aliphatic carbocycles. The summed E-state index contributed by atoms with van der Waals surface area (Å²) >= 11 is 0. The van der Waals surface area contributed by atoms with Gasteiger partial charge in [-0.2, -0.15) is 0 Å². The molecule has 2 unspecified atom stereocenters. The summed E-state index contributed by atoms with van der Waals surface area (Å²) < 4.78 is 5.64. The number of likely N-dealkylation sites (N-methyl/N-ethyl adjacent to an activating group) is 1. The van der Waals surface area contributed by atoms with Crippen molar-refractivity contribution in [2.75, 3.05) is 26.2 Å². The van der Waals surface area contributed by atoms with E-state index in [2.05, 4.69) is 25.7 Å². The lowest BCUT2D eigenvalue weighted by Crippen LogP contribution is -2.46. The molecule has 0 aromatic heterocycles. The van der Waals surface area contributed by atoms with Crippen LogP contribution in [0.3, 0.4) is 0 Å². The average Bonchev–Trinajstić information content (AvgIpc) is 2.68. The molecule has 0 bridgehead atoms. The minimum atomic E-state index is -0.603. The summed E-state index contributed by atoms with van der Waals surface area (Å²) in [7, 11) is 0. The predicted molar refractivity (Wildman–Crippen MR) is 66.5 cm³/mol. The van der Waals surface area contributed by atoms with Crippen LogP contribution in [0, 0.1) is 5.92 Å². The van der Waals surface area contributed by atoms with Gasteiger partial charge in [-0.1, -0.05) is 20.8 Å². The van der Waals surface area contributed by atoms with Gasteiger partial charge in [0.1, 0.15) is 0 Å². The normalized spacial score (nSPS) is 25.3. The molecule has 0 aromatic carbocycles. The Kier molecular flexibility index (Phi) is 5.22. The van der Waals surface area contributed by atoms with Gasteiger partial charge in [0.05, 0.1) is 11.7 Å². The first-order chi connectivity index (χ1) is 7.45. The van der Waals surface area contributed by atoms with Crippen LogP contribution in [-0.2, 0) is 4.74 Å². The van der Waals surface area contributed by atoms with E-state index in [9.17, 15) is 5.11 Å². The highest BCUT2D eigenvalue weighted by Crippen LogP contribution is 2.19. The first-order valence-corrected chi connectivity index (χ1v) is 6.52. The van der Waals surface area contributed by atoms with Crippen LogP contribution in [0.15, 0.2) is 0 Å². The van der Waals surface area contributed by atoms with E-state index in [1.165, 1.54) is 12.8 Å². The van der Waals surface area contributed by atoms with E-state index in [0.29, 0.717) is 6.10 Å². The molecule has 1 rings (SSSR count). The number of hydrogen-bond acceptors (Lipinski definition) is 3. The average molecular weight is 229 g/mol. The molecule has 0 spiro atoms. The second-order valence-electron chi connectivity index (χ2n) is 5.47. The quantitative estimate of drug-likeness (QED) is 0.755. The summed E-state index contributed by atoms with van der Waals surface area (Å²) in [5.41, 5.74) is -0.603. The van der Waals surface area contributed by atoms with Crippen LogP contribution >= 0.6 is 0 Å². The van der Waals surface area contributed by atoms with Crippen LogP contribution < -0.4 is 0 Å². The van der Waals surface area contributed by atoms with Gasteiger partial charge in [-0.3, -0.25) is 4.90 Å². The van der Waals surface area contributed by atoms with Gasteiger partial charge in [0.2, 0.25) is 0 Å². The third-order valence-electron chi connectivity index (χ3n) is 3.72. The molecular formula is C13H27NO2. The Morgan fingerprint density at radius 3 is 2.62 bits per heavy atom. The molecule has 3 heteroatoms. The van der Waals surface area contributed by atoms with E-state index in [4.69, 9.17) is 4.74 Å². The zero-order valence-electron chi connectivity index (χ0n) is 11.2. The van der Waals surface area contributed by atoms with Gasteiger partial charge < -0.3 is 9.84 Å². The van der Waals surface area contributed by atoms with Gasteiger partial charge in [0, 0.05) is 19.7 Å². The lowest BCUT2D eigenvalue weighted by atomic mass is 9.92. The maximum Gasteiger partial charge on any atom is 0.0768 e. The monoisotopic (exact) mass is 229 g/mol. The van der Waals surface area contributed by atoms with Crippen LogP contribution in [0.25, 0.3) is 0 Å². The van der Waals surface area contributed by atoms with Crippen molar-refractivity contribution >= 4 is 0 Å². The molecule has 1 fully saturated rings. The first-order valence-electron chi connectivity index (χ1n) is 6.52. The molecule has 16 heavy (non-hydrogen) atoms. The summed E-state index contributed by atoms with van der Waals surface area (Å²) in [6, 6.07) is 0. The standard InChI is InChI=1S/C13H27NO2/c1-5-14(9-12-7-6-8-16-12)10-13(4,15)11(2)3/h11-12,15H,5-10H2,1-4H3. The maximum atomic E-state index is 10.3. The summed E-state index contributed by atoms with van der Waals surface area (Å²) in [5, 5.41) is 10.3. The van der Waals surface area contributed by atoms with Crippen LogP contribution in [0.2, 0.25) is 0 Å². The van der Waals surface area contributed by atoms with Gasteiger partial charge in [0.15, 0.2) is 0 Å². The Labute approximate surface area is 99.8 Å². The number of hydrogen-bond donors (Lipinski definition) is 1. The van der Waals surface area contributed by atoms with Gasteiger partial charge in [-0.25, -0.2) is 0 Å². The molecule has 1 aliphatic rings. The first kappa shape index (κ1) is 13.9. The van der Waals surface area contributed by atoms with Crippen molar-refractivity contribution in [3.05, 3.63) is 0 Å². The van der Waals surface area contributed by atoms with E-state index in [1.807, 2.05) is 6.92 Å². The summed E-state index contributed by atoms with van der Waals surface area (Å²) in [4.78, 5) is 2.30. The lowest BCUT2D eigenvalue weighted by molar-refractivity contribution is -0.0288. The van der Waals surface area contributed by atoms with Crippen molar-refractivity contribution in [2.45, 2.75) is 52.2 Å². The fourth-order valence-electron chi connectivity index (χ4n) is 2.02. The Hall–Kier alpha value is -0.120. The van der Waals surface area contributed by atoms with Crippen molar-refractivity contribution in [1.82, 2.24) is 4.90 Å². The van der Waals surface area contributed by atoms with Crippen LogP contribution in [0.1, 0.15) is 40.5 Å². The topological polar surface area (TPSA) is 32.7 Å². The highest BCUT2D eigenvalue weighted by atomic mass is 16.5. The van der Waals surface area contributed by atoms with Crippen molar-refractivity contribution in [1.29, 1.82) is 0 Å². The van der Waals surface area contributed by atoms with Gasteiger partial charge >= 0.3 is 0 Å². The second kappa shape index (κ2) is 5.99. The van der Waals surface area contributed by atoms with E-state index in [1.54, 1.807) is 0 Å². The lowest BCUT2D eigenvalue weighted by Gasteiger charge is -2.34. The fraction of sp³-hybridized carbons (Fsp3) is 1.00. The molecule has 2 atom stereocenters. The molecule has 0 radical (unpaired) electrons. The number of ether oxygens (including phenoxy) is 1. The maximum absolute atomic E-state index is 10.3. The largest absolute Gasteiger partial charge is 0.389 e. The highest BCUT2D eigenvalue weighted by molar-refractivity contribution is 4.82. The summed E-state index contributed by atoms with van der Waals surface area (Å²) in [5.74, 6) is 0.283. The Morgan fingerprint density at radius 2 is 2.19 bits per heavy atom. The Balaban J connectivity index is 2.41. The van der Waals surface area contributed by atoms with Gasteiger partial charge in [-0.05, 0) is 32.2 Å². The third kappa shape index (κ3) is 4.04. The van der Waals surface area contributed by atoms with Crippen LogP contribution in [0.5, 0.6) is 0 Å². The van der Waals surface area contributed by atoms with E-state index < -0.39 is 5.60 Å². The van der Waals surface area contributed by atoms with Gasteiger partial charge in [-0.15, -0.1) is 0 Å². The SMILES string of the molecule is CCN(CC1CCCO1)CC(C)(O)C(C)C. The molecule has 1 saturated heterocycles. The molecule has 1 heterocycles. The molecule has 0 saturated carbocycles. The van der Waals surface area contributed by atoms with E-state index >= 15 is 0 Å². The van der Waals surface area contributed by atoms with Crippen molar-refractivity contribution in [3.8, 4) is 0 Å². The highest BCUT2D eigenvalue weighted by Gasteiger charge is 2.28. The number of nitrogens with zero attached hydrogens (tertiary/aromatic N) is 1. The minimum absolute atomic E-state index is 0.283. The third-order valence-corrected chi connectivity index (χ3v) is 3.72. The molecular weight excluding hydrogens is 202 g/mol. The molecule has 0 amide bonds. The van der Waals surface area contributed by atoms with Crippen molar-refractivity contribution in [3.63, 3.8) is 0 Å². The fourth-order valence-corrected chi connectivity index (χ4v) is 2.02. The van der Waals surface area contributed by atoms with Crippen molar-refractivity contribution < 1.29 is 9.84 Å².